The average Bonchev–Trinajstić information content (AvgIpc) is 3.24. The van der Waals surface area contributed by atoms with Crippen LogP contribution in [0.3, 0.4) is 0 Å². The van der Waals surface area contributed by atoms with Gasteiger partial charge < -0.3 is 9.47 Å². The van der Waals surface area contributed by atoms with Gasteiger partial charge in [0, 0.05) is 12.3 Å². The lowest BCUT2D eigenvalue weighted by Gasteiger charge is -2.09. The molecule has 2 aromatic heterocycles. The molecule has 0 radical (unpaired) electrons. The molecule has 1 aliphatic carbocycles. The third kappa shape index (κ3) is 3.87. The van der Waals surface area contributed by atoms with Crippen LogP contribution in [-0.4, -0.2) is 33.9 Å². The molecule has 2 heterocycles. The first kappa shape index (κ1) is 16.8. The molecule has 0 saturated heterocycles. The number of hydrogen-bond donors (Lipinski definition) is 0. The van der Waals surface area contributed by atoms with Gasteiger partial charge in [-0.15, -0.1) is 5.10 Å². The molecule has 3 rings (SSSR count). The molecule has 128 valence electrons. The topological polar surface area (TPSA) is 66.2 Å². The van der Waals surface area contributed by atoms with Crippen LogP contribution in [0.15, 0.2) is 24.4 Å². The number of ether oxygens (including phenoxy) is 2. The molecule has 1 saturated carbocycles. The summed E-state index contributed by atoms with van der Waals surface area (Å²) in [5, 5.41) is 4.44. The molecule has 0 aliphatic heterocycles. The van der Waals surface area contributed by atoms with Gasteiger partial charge >= 0.3 is 5.97 Å². The van der Waals surface area contributed by atoms with Crippen molar-refractivity contribution < 1.29 is 14.3 Å². The Morgan fingerprint density at radius 2 is 2.12 bits per heavy atom. The third-order valence-electron chi connectivity index (χ3n) is 4.07. The van der Waals surface area contributed by atoms with Gasteiger partial charge in [-0.05, 0) is 37.8 Å². The molecular weight excluding hydrogens is 330 g/mol. The zero-order chi connectivity index (χ0) is 16.9. The minimum atomic E-state index is -0.484. The van der Waals surface area contributed by atoms with Gasteiger partial charge in [0.2, 0.25) is 5.88 Å². The molecule has 0 aromatic carbocycles. The van der Waals surface area contributed by atoms with E-state index in [1.54, 1.807) is 36.0 Å². The molecule has 0 N–H and O–H groups in total. The van der Waals surface area contributed by atoms with Crippen LogP contribution in [0.4, 0.5) is 0 Å². The van der Waals surface area contributed by atoms with E-state index in [0.717, 1.165) is 0 Å². The number of carbonyl (C=O) groups excluding carboxylic acids is 1. The largest absolute Gasteiger partial charge is 0.476 e. The molecule has 1 fully saturated rings. The molecule has 24 heavy (non-hydrogen) atoms. The number of hydrogen-bond acceptors (Lipinski definition) is 5. The van der Waals surface area contributed by atoms with Crippen molar-refractivity contribution in [3.8, 4) is 11.7 Å². The fraction of sp³-hybridized carbons (Fsp3) is 0.471. The van der Waals surface area contributed by atoms with Gasteiger partial charge in [-0.3, -0.25) is 0 Å². The first-order valence-electron chi connectivity index (χ1n) is 8.20. The summed E-state index contributed by atoms with van der Waals surface area (Å²) in [5.41, 5.74) is 0.243. The van der Waals surface area contributed by atoms with E-state index in [0.29, 0.717) is 24.2 Å². The Balaban J connectivity index is 1.68. The maximum absolute atomic E-state index is 11.7. The van der Waals surface area contributed by atoms with Crippen molar-refractivity contribution in [1.82, 2.24) is 14.8 Å². The highest BCUT2D eigenvalue weighted by Crippen LogP contribution is 2.25. The van der Waals surface area contributed by atoms with E-state index in [2.05, 4.69) is 10.1 Å². The summed E-state index contributed by atoms with van der Waals surface area (Å²) >= 11 is 6.08. The highest BCUT2D eigenvalue weighted by molar-refractivity contribution is 6.32. The van der Waals surface area contributed by atoms with E-state index in [1.165, 1.54) is 25.7 Å². The standard InChI is InChI=1S/C17H20ClN3O3/c1-2-23-17(22)13-7-8-14(19-16(13)18)21-10-9-15(20-21)24-11-12-5-3-4-6-12/h7-10,12H,2-6,11H2,1H3. The second-order valence-electron chi connectivity index (χ2n) is 5.79. The van der Waals surface area contributed by atoms with E-state index in [-0.39, 0.29) is 17.3 Å². The minimum absolute atomic E-state index is 0.0925. The number of carbonyl (C=O) groups is 1. The van der Waals surface area contributed by atoms with Crippen molar-refractivity contribution in [3.05, 3.63) is 35.1 Å². The Hall–Kier alpha value is -2.08. The third-order valence-corrected chi connectivity index (χ3v) is 4.36. The Labute approximate surface area is 145 Å². The lowest BCUT2D eigenvalue weighted by atomic mass is 10.1. The van der Waals surface area contributed by atoms with Crippen molar-refractivity contribution in [1.29, 1.82) is 0 Å². The molecule has 0 amide bonds. The summed E-state index contributed by atoms with van der Waals surface area (Å²) in [6.07, 6.45) is 6.79. The van der Waals surface area contributed by atoms with E-state index < -0.39 is 5.97 Å². The molecule has 0 bridgehead atoms. The number of nitrogens with zero attached hydrogens (tertiary/aromatic N) is 3. The fourth-order valence-electron chi connectivity index (χ4n) is 2.81. The highest BCUT2D eigenvalue weighted by atomic mass is 35.5. The summed E-state index contributed by atoms with van der Waals surface area (Å²) in [6, 6.07) is 5.05. The van der Waals surface area contributed by atoms with Gasteiger partial charge in [-0.1, -0.05) is 24.4 Å². The van der Waals surface area contributed by atoms with Crippen molar-refractivity contribution in [3.63, 3.8) is 0 Å². The lowest BCUT2D eigenvalue weighted by molar-refractivity contribution is 0.0526. The molecule has 6 nitrogen and oxygen atoms in total. The molecular formula is C17H20ClN3O3. The van der Waals surface area contributed by atoms with Crippen LogP contribution in [0.1, 0.15) is 43.0 Å². The normalized spacial score (nSPS) is 14.8. The minimum Gasteiger partial charge on any atom is -0.476 e. The first-order chi connectivity index (χ1) is 11.7. The quantitative estimate of drug-likeness (QED) is 0.588. The number of rotatable bonds is 6. The SMILES string of the molecule is CCOC(=O)c1ccc(-n2ccc(OCC3CCCC3)n2)nc1Cl. The summed E-state index contributed by atoms with van der Waals surface area (Å²) in [6.45, 7) is 2.73. The van der Waals surface area contributed by atoms with Crippen LogP contribution in [0, 0.1) is 5.92 Å². The van der Waals surface area contributed by atoms with E-state index in [4.69, 9.17) is 21.1 Å². The maximum Gasteiger partial charge on any atom is 0.341 e. The van der Waals surface area contributed by atoms with Crippen molar-refractivity contribution in [2.75, 3.05) is 13.2 Å². The smallest absolute Gasteiger partial charge is 0.341 e. The molecule has 0 spiro atoms. The van der Waals surface area contributed by atoms with Crippen LogP contribution in [0.25, 0.3) is 5.82 Å². The predicted octanol–water partition coefficient (Wildman–Crippen LogP) is 3.67. The second kappa shape index (κ2) is 7.66. The van der Waals surface area contributed by atoms with Crippen molar-refractivity contribution in [2.45, 2.75) is 32.6 Å². The van der Waals surface area contributed by atoms with Crippen LogP contribution in [0.2, 0.25) is 5.15 Å². The summed E-state index contributed by atoms with van der Waals surface area (Å²) in [4.78, 5) is 15.9. The van der Waals surface area contributed by atoms with Gasteiger partial charge in [0.05, 0.1) is 18.8 Å². The number of esters is 1. The molecule has 2 aromatic rings. The Bertz CT molecular complexity index is 711. The van der Waals surface area contributed by atoms with Crippen LogP contribution in [0.5, 0.6) is 5.88 Å². The Kier molecular flexibility index (Phi) is 5.35. The van der Waals surface area contributed by atoms with Gasteiger partial charge in [0.1, 0.15) is 5.15 Å². The van der Waals surface area contributed by atoms with Gasteiger partial charge in [-0.2, -0.15) is 0 Å². The van der Waals surface area contributed by atoms with Gasteiger partial charge in [-0.25, -0.2) is 14.5 Å². The Morgan fingerprint density at radius 3 is 2.83 bits per heavy atom. The van der Waals surface area contributed by atoms with Crippen LogP contribution >= 0.6 is 11.6 Å². The van der Waals surface area contributed by atoms with Gasteiger partial charge in [0.15, 0.2) is 5.82 Å². The zero-order valence-electron chi connectivity index (χ0n) is 13.6. The monoisotopic (exact) mass is 349 g/mol. The van der Waals surface area contributed by atoms with E-state index in [9.17, 15) is 4.79 Å². The van der Waals surface area contributed by atoms with Crippen LogP contribution < -0.4 is 4.74 Å². The van der Waals surface area contributed by atoms with Gasteiger partial charge in [0.25, 0.3) is 0 Å². The summed E-state index contributed by atoms with van der Waals surface area (Å²) < 4.78 is 12.3. The molecule has 0 atom stereocenters. The number of aromatic nitrogens is 3. The molecule has 0 unspecified atom stereocenters. The van der Waals surface area contributed by atoms with Crippen molar-refractivity contribution in [2.24, 2.45) is 5.92 Å². The average molecular weight is 350 g/mol. The lowest BCUT2D eigenvalue weighted by Crippen LogP contribution is -2.09. The summed E-state index contributed by atoms with van der Waals surface area (Å²) in [7, 11) is 0. The predicted molar refractivity (Wildman–Crippen MR) is 89.8 cm³/mol. The summed E-state index contributed by atoms with van der Waals surface area (Å²) in [5.74, 6) is 1.23. The Morgan fingerprint density at radius 1 is 1.33 bits per heavy atom. The molecule has 7 heteroatoms. The first-order valence-corrected chi connectivity index (χ1v) is 8.57. The van der Waals surface area contributed by atoms with Crippen molar-refractivity contribution >= 4 is 17.6 Å². The zero-order valence-corrected chi connectivity index (χ0v) is 14.3. The van der Waals surface area contributed by atoms with Crippen LogP contribution in [-0.2, 0) is 4.74 Å². The highest BCUT2D eigenvalue weighted by Gasteiger charge is 2.17. The van der Waals surface area contributed by atoms with E-state index in [1.807, 2.05) is 0 Å². The second-order valence-corrected chi connectivity index (χ2v) is 6.15. The van der Waals surface area contributed by atoms with E-state index >= 15 is 0 Å². The molecule has 1 aliphatic rings. The fourth-order valence-corrected chi connectivity index (χ4v) is 3.03. The number of halogens is 1. The number of pyridine rings is 1. The maximum atomic E-state index is 11.7.